The number of esters is 1. The predicted octanol–water partition coefficient (Wildman–Crippen LogP) is 2.85. The van der Waals surface area contributed by atoms with Gasteiger partial charge in [0.1, 0.15) is 0 Å². The quantitative estimate of drug-likeness (QED) is 0.740. The highest BCUT2D eigenvalue weighted by molar-refractivity contribution is 5.83. The Hall–Kier alpha value is -1.88. The molecule has 1 aromatic carbocycles. The Balaban J connectivity index is 2.10. The minimum Gasteiger partial charge on any atom is -0.481 e. The molecule has 1 N–H and O–H groups in total. The number of benzene rings is 1. The van der Waals surface area contributed by atoms with Crippen LogP contribution in [-0.2, 0) is 31.9 Å². The van der Waals surface area contributed by atoms with Crippen molar-refractivity contribution in [2.24, 2.45) is 11.8 Å². The number of ether oxygens (including phenoxy) is 2. The monoisotopic (exact) mass is 334 g/mol. The van der Waals surface area contributed by atoms with Crippen LogP contribution in [0.3, 0.4) is 0 Å². The fraction of sp³-hybridized carbons (Fsp3) is 0.579. The largest absolute Gasteiger partial charge is 0.481 e. The molecule has 0 unspecified atom stereocenters. The van der Waals surface area contributed by atoms with Crippen molar-refractivity contribution in [1.82, 2.24) is 0 Å². The van der Waals surface area contributed by atoms with Crippen molar-refractivity contribution in [2.45, 2.75) is 45.1 Å². The third-order valence-corrected chi connectivity index (χ3v) is 4.65. The fourth-order valence-corrected chi connectivity index (χ4v) is 3.40. The summed E-state index contributed by atoms with van der Waals surface area (Å²) in [5.41, 5.74) is 2.62. The summed E-state index contributed by atoms with van der Waals surface area (Å²) in [5.74, 6) is -2.25. The lowest BCUT2D eigenvalue weighted by molar-refractivity contribution is -0.167. The second-order valence-corrected chi connectivity index (χ2v) is 6.37. The van der Waals surface area contributed by atoms with Crippen molar-refractivity contribution in [1.29, 1.82) is 0 Å². The van der Waals surface area contributed by atoms with Crippen LogP contribution in [0.5, 0.6) is 0 Å². The summed E-state index contributed by atoms with van der Waals surface area (Å²) in [6.45, 7) is 2.26. The van der Waals surface area contributed by atoms with E-state index in [0.29, 0.717) is 13.0 Å². The molecule has 1 aliphatic carbocycles. The number of carboxylic acids is 1. The molecule has 0 amide bonds. The summed E-state index contributed by atoms with van der Waals surface area (Å²) in [4.78, 5) is 23.7. The molecule has 0 fully saturated rings. The van der Waals surface area contributed by atoms with Crippen LogP contribution in [0.15, 0.2) is 24.3 Å². The van der Waals surface area contributed by atoms with E-state index < -0.39 is 24.0 Å². The van der Waals surface area contributed by atoms with Gasteiger partial charge in [0.15, 0.2) is 6.10 Å². The molecule has 0 aliphatic heterocycles. The van der Waals surface area contributed by atoms with Crippen molar-refractivity contribution in [2.75, 3.05) is 13.7 Å². The highest BCUT2D eigenvalue weighted by atomic mass is 16.6. The Morgan fingerprint density at radius 1 is 1.29 bits per heavy atom. The Kier molecular flexibility index (Phi) is 6.79. The number of methoxy groups -OCH3 is 1. The Labute approximate surface area is 143 Å². The number of carbonyl (C=O) groups excluding carboxylic acids is 1. The molecule has 3 atom stereocenters. The number of aryl methyl sites for hydroxylation is 1. The summed E-state index contributed by atoms with van der Waals surface area (Å²) in [5, 5.41) is 9.63. The third-order valence-electron chi connectivity index (χ3n) is 4.65. The van der Waals surface area contributed by atoms with Crippen LogP contribution in [0, 0.1) is 11.8 Å². The van der Waals surface area contributed by atoms with Gasteiger partial charge in [-0.1, -0.05) is 31.2 Å². The van der Waals surface area contributed by atoms with E-state index in [1.54, 1.807) is 0 Å². The first-order valence-electron chi connectivity index (χ1n) is 8.55. The summed E-state index contributed by atoms with van der Waals surface area (Å²) < 4.78 is 10.3. The summed E-state index contributed by atoms with van der Waals surface area (Å²) in [7, 11) is 1.26. The van der Waals surface area contributed by atoms with Gasteiger partial charge in [0, 0.05) is 6.61 Å². The standard InChI is InChI=1S/C19H26O5/c1-3-10-24-17(19(22)23-2)16(18(20)21)12-13-8-9-14-6-4-5-7-15(14)11-13/h4-7,13,16-17H,3,8-12H2,1-2H3,(H,20,21)/t13-,16-,17+/m1/s1. The first kappa shape index (κ1) is 18.5. The number of carboxylic acid groups (broad SMARTS) is 1. The molecule has 0 bridgehead atoms. The molecule has 0 heterocycles. The zero-order chi connectivity index (χ0) is 17.5. The van der Waals surface area contributed by atoms with E-state index in [2.05, 4.69) is 12.1 Å². The maximum atomic E-state index is 12.0. The number of hydrogen-bond acceptors (Lipinski definition) is 4. The van der Waals surface area contributed by atoms with Gasteiger partial charge >= 0.3 is 11.9 Å². The van der Waals surface area contributed by atoms with Gasteiger partial charge in [0.2, 0.25) is 0 Å². The van der Waals surface area contributed by atoms with Crippen LogP contribution in [0.25, 0.3) is 0 Å². The third kappa shape index (κ3) is 4.57. The molecule has 5 nitrogen and oxygen atoms in total. The summed E-state index contributed by atoms with van der Waals surface area (Å²) in [6, 6.07) is 8.27. The Morgan fingerprint density at radius 3 is 2.62 bits per heavy atom. The summed E-state index contributed by atoms with van der Waals surface area (Å²) in [6.07, 6.45) is 2.84. The molecule has 132 valence electrons. The van der Waals surface area contributed by atoms with Gasteiger partial charge in [-0.15, -0.1) is 0 Å². The molecule has 5 heteroatoms. The highest BCUT2D eigenvalue weighted by Gasteiger charge is 2.37. The number of rotatable bonds is 8. The Bertz CT molecular complexity index is 569. The maximum absolute atomic E-state index is 12.0. The zero-order valence-corrected chi connectivity index (χ0v) is 14.4. The maximum Gasteiger partial charge on any atom is 0.335 e. The first-order chi connectivity index (χ1) is 11.6. The SMILES string of the molecule is CCCO[C@H](C(=O)OC)[C@@H](C[C@@H]1CCc2ccccc2C1)C(=O)O. The van der Waals surface area contributed by atoms with Gasteiger partial charge in [-0.05, 0) is 49.1 Å². The van der Waals surface area contributed by atoms with E-state index in [4.69, 9.17) is 9.47 Å². The predicted molar refractivity (Wildman–Crippen MR) is 89.7 cm³/mol. The van der Waals surface area contributed by atoms with Crippen molar-refractivity contribution < 1.29 is 24.2 Å². The summed E-state index contributed by atoms with van der Waals surface area (Å²) >= 11 is 0. The second kappa shape index (κ2) is 8.83. The van der Waals surface area contributed by atoms with Crippen molar-refractivity contribution in [3.05, 3.63) is 35.4 Å². The van der Waals surface area contributed by atoms with Crippen LogP contribution >= 0.6 is 0 Å². The molecule has 0 aromatic heterocycles. The lowest BCUT2D eigenvalue weighted by Gasteiger charge is -2.29. The smallest absolute Gasteiger partial charge is 0.335 e. The van der Waals surface area contributed by atoms with E-state index in [0.717, 1.165) is 25.7 Å². The average molecular weight is 334 g/mol. The zero-order valence-electron chi connectivity index (χ0n) is 14.4. The minimum atomic E-state index is -1.04. The molecule has 24 heavy (non-hydrogen) atoms. The average Bonchev–Trinajstić information content (AvgIpc) is 2.60. The van der Waals surface area contributed by atoms with Crippen LogP contribution in [0.2, 0.25) is 0 Å². The molecule has 0 spiro atoms. The van der Waals surface area contributed by atoms with Crippen LogP contribution in [-0.4, -0.2) is 36.9 Å². The van der Waals surface area contributed by atoms with Gasteiger partial charge in [-0.2, -0.15) is 0 Å². The van der Waals surface area contributed by atoms with Gasteiger partial charge in [-0.3, -0.25) is 4.79 Å². The van der Waals surface area contributed by atoms with Crippen LogP contribution in [0.4, 0.5) is 0 Å². The van der Waals surface area contributed by atoms with E-state index in [1.807, 2.05) is 19.1 Å². The number of hydrogen-bond donors (Lipinski definition) is 1. The fourth-order valence-electron chi connectivity index (χ4n) is 3.40. The van der Waals surface area contributed by atoms with Crippen LogP contribution < -0.4 is 0 Å². The van der Waals surface area contributed by atoms with Gasteiger partial charge < -0.3 is 14.6 Å². The van der Waals surface area contributed by atoms with Crippen LogP contribution in [0.1, 0.15) is 37.3 Å². The molecule has 0 saturated carbocycles. The molecule has 0 radical (unpaired) electrons. The first-order valence-corrected chi connectivity index (χ1v) is 8.55. The molecule has 1 aromatic rings. The van der Waals surface area contributed by atoms with Crippen molar-refractivity contribution >= 4 is 11.9 Å². The molecule has 2 rings (SSSR count). The lowest BCUT2D eigenvalue weighted by Crippen LogP contribution is -2.40. The van der Waals surface area contributed by atoms with Gasteiger partial charge in [0.25, 0.3) is 0 Å². The van der Waals surface area contributed by atoms with Gasteiger partial charge in [-0.25, -0.2) is 4.79 Å². The molecule has 0 saturated heterocycles. The van der Waals surface area contributed by atoms with Gasteiger partial charge in [0.05, 0.1) is 13.0 Å². The molecular formula is C19H26O5. The topological polar surface area (TPSA) is 72.8 Å². The normalized spacial score (nSPS) is 19.2. The molecule has 1 aliphatic rings. The number of fused-ring (bicyclic) bond motifs is 1. The molecular weight excluding hydrogens is 308 g/mol. The van der Waals surface area contributed by atoms with E-state index in [9.17, 15) is 14.7 Å². The van der Waals surface area contributed by atoms with E-state index in [-0.39, 0.29) is 5.92 Å². The van der Waals surface area contributed by atoms with Crippen molar-refractivity contribution in [3.8, 4) is 0 Å². The number of carbonyl (C=O) groups is 2. The van der Waals surface area contributed by atoms with Crippen molar-refractivity contribution in [3.63, 3.8) is 0 Å². The van der Waals surface area contributed by atoms with E-state index >= 15 is 0 Å². The second-order valence-electron chi connectivity index (χ2n) is 6.37. The lowest BCUT2D eigenvalue weighted by atomic mass is 9.78. The Morgan fingerprint density at radius 2 is 2.00 bits per heavy atom. The highest BCUT2D eigenvalue weighted by Crippen LogP contribution is 2.31. The number of aliphatic carboxylic acids is 1. The minimum absolute atomic E-state index is 0.235. The van der Waals surface area contributed by atoms with E-state index in [1.165, 1.54) is 18.2 Å².